The Bertz CT molecular complexity index is 652. The van der Waals surface area contributed by atoms with E-state index in [9.17, 15) is 27.3 Å². The van der Waals surface area contributed by atoms with E-state index in [-0.39, 0.29) is 0 Å². The van der Waals surface area contributed by atoms with Crippen LogP contribution in [0, 0.1) is 21.4 Å². The van der Waals surface area contributed by atoms with Crippen LogP contribution in [-0.4, -0.2) is 18.3 Å². The minimum absolute atomic E-state index is 0.393. The number of rotatable bonds is 3. The highest BCUT2D eigenvalue weighted by molar-refractivity contribution is 7.89. The molecule has 2 N–H and O–H groups in total. The van der Waals surface area contributed by atoms with E-state index < -0.39 is 43.2 Å². The highest BCUT2D eigenvalue weighted by atomic mass is 32.2. The van der Waals surface area contributed by atoms with Gasteiger partial charge in [-0.3, -0.25) is 10.1 Å². The van der Waals surface area contributed by atoms with Crippen molar-refractivity contribution in [3.8, 4) is 6.07 Å². The van der Waals surface area contributed by atoms with E-state index in [1.807, 2.05) is 0 Å². The van der Waals surface area contributed by atoms with E-state index in [1.54, 1.807) is 0 Å². The number of sulfonamides is 1. The first-order chi connectivity index (χ1) is 8.20. The molecule has 96 valence electrons. The van der Waals surface area contributed by atoms with E-state index in [2.05, 4.69) is 10.1 Å². The lowest BCUT2D eigenvalue weighted by molar-refractivity contribution is -0.385. The predicted molar refractivity (Wildman–Crippen MR) is 51.9 cm³/mol. The number of nitriles is 1. The fourth-order valence-corrected chi connectivity index (χ4v) is 1.88. The number of alkyl halides is 2. The molecule has 0 aliphatic carbocycles. The van der Waals surface area contributed by atoms with Crippen LogP contribution in [0.25, 0.3) is 0 Å². The summed E-state index contributed by atoms with van der Waals surface area (Å²) >= 11 is 0. The van der Waals surface area contributed by atoms with Crippen molar-refractivity contribution < 1.29 is 22.1 Å². The average molecular weight is 278 g/mol. The third-order valence-corrected chi connectivity index (χ3v) is 2.72. The Morgan fingerprint density at radius 2 is 2.11 bits per heavy atom. The maximum absolute atomic E-state index is 12.7. The van der Waals surface area contributed by atoms with Crippen molar-refractivity contribution in [3.63, 3.8) is 0 Å². The van der Waals surface area contributed by atoms with Crippen molar-refractivity contribution in [2.24, 2.45) is 5.14 Å². The molecule has 1 aromatic rings. The van der Waals surface area contributed by atoms with Crippen molar-refractivity contribution in [2.45, 2.75) is 11.5 Å². The molecule has 0 aliphatic rings. The summed E-state index contributed by atoms with van der Waals surface area (Å²) < 4.78 is 47.5. The first-order valence-corrected chi connectivity index (χ1v) is 5.63. The predicted octanol–water partition coefficient (Wildman–Crippen LogP) is 0.446. The van der Waals surface area contributed by atoms with E-state index in [4.69, 9.17) is 5.26 Å². The SMILES string of the molecule is N#Cc1c([N+](=O)[O-])cnc(S(N)(=O)=O)c1C(F)F. The number of nitrogens with zero attached hydrogens (tertiary/aromatic N) is 3. The summed E-state index contributed by atoms with van der Waals surface area (Å²) in [4.78, 5) is 12.4. The summed E-state index contributed by atoms with van der Waals surface area (Å²) in [6.07, 6.45) is -3.05. The molecule has 0 aromatic carbocycles. The Morgan fingerprint density at radius 1 is 1.56 bits per heavy atom. The summed E-state index contributed by atoms with van der Waals surface area (Å²) in [7, 11) is -4.62. The largest absolute Gasteiger partial charge is 0.305 e. The standard InChI is InChI=1S/C7H4F2N4O4S/c8-6(9)5-3(1-10)4(13(14)15)2-12-7(5)18(11,16)17/h2,6H,(H2,11,16,17). The zero-order chi connectivity index (χ0) is 14.1. The summed E-state index contributed by atoms with van der Waals surface area (Å²) in [6.45, 7) is 0. The molecule has 1 aromatic heterocycles. The zero-order valence-corrected chi connectivity index (χ0v) is 9.19. The molecule has 0 amide bonds. The summed E-state index contributed by atoms with van der Waals surface area (Å²) in [6, 6.07) is 1.16. The van der Waals surface area contributed by atoms with E-state index in [1.165, 1.54) is 0 Å². The Kier molecular flexibility index (Phi) is 3.54. The van der Waals surface area contributed by atoms with E-state index in [0.29, 0.717) is 6.20 Å². The van der Waals surface area contributed by atoms with Gasteiger partial charge in [0.1, 0.15) is 17.8 Å². The molecular formula is C7H4F2N4O4S. The fraction of sp³-hybridized carbons (Fsp3) is 0.143. The van der Waals surface area contributed by atoms with Gasteiger partial charge in [-0.2, -0.15) is 5.26 Å². The summed E-state index contributed by atoms with van der Waals surface area (Å²) in [5.74, 6) is 0. The van der Waals surface area contributed by atoms with Gasteiger partial charge < -0.3 is 0 Å². The number of nitro groups is 1. The van der Waals surface area contributed by atoms with Gasteiger partial charge in [0, 0.05) is 0 Å². The zero-order valence-electron chi connectivity index (χ0n) is 8.37. The highest BCUT2D eigenvalue weighted by Gasteiger charge is 2.31. The van der Waals surface area contributed by atoms with Crippen molar-refractivity contribution >= 4 is 15.7 Å². The summed E-state index contributed by atoms with van der Waals surface area (Å²) in [5, 5.41) is 22.5. The molecule has 1 heterocycles. The Hall–Kier alpha value is -2.19. The van der Waals surface area contributed by atoms with Gasteiger partial charge in [0.05, 0.1) is 10.5 Å². The lowest BCUT2D eigenvalue weighted by Gasteiger charge is -2.07. The third kappa shape index (κ3) is 2.39. The molecule has 0 radical (unpaired) electrons. The van der Waals surface area contributed by atoms with Crippen LogP contribution in [0.4, 0.5) is 14.5 Å². The molecule has 0 unspecified atom stereocenters. The first kappa shape index (κ1) is 13.9. The minimum atomic E-state index is -4.62. The second-order valence-electron chi connectivity index (χ2n) is 2.95. The summed E-state index contributed by atoms with van der Waals surface area (Å²) in [5.41, 5.74) is -3.46. The van der Waals surface area contributed by atoms with Gasteiger partial charge >= 0.3 is 5.69 Å². The first-order valence-electron chi connectivity index (χ1n) is 4.08. The number of hydrogen-bond donors (Lipinski definition) is 1. The maximum atomic E-state index is 12.7. The highest BCUT2D eigenvalue weighted by Crippen LogP contribution is 2.32. The molecule has 0 aliphatic heterocycles. The monoisotopic (exact) mass is 278 g/mol. The third-order valence-electron chi connectivity index (χ3n) is 1.86. The quantitative estimate of drug-likeness (QED) is 0.628. The van der Waals surface area contributed by atoms with Gasteiger partial charge in [-0.05, 0) is 0 Å². The van der Waals surface area contributed by atoms with Gasteiger partial charge in [-0.1, -0.05) is 0 Å². The molecule has 8 nitrogen and oxygen atoms in total. The molecule has 18 heavy (non-hydrogen) atoms. The number of pyridine rings is 1. The molecule has 0 saturated carbocycles. The molecule has 0 spiro atoms. The molecule has 0 atom stereocenters. The van der Waals surface area contributed by atoms with Gasteiger partial charge in [-0.25, -0.2) is 27.3 Å². The van der Waals surface area contributed by atoms with Gasteiger partial charge in [0.2, 0.25) is 0 Å². The average Bonchev–Trinajstić information content (AvgIpc) is 2.25. The van der Waals surface area contributed by atoms with Crippen LogP contribution in [0.1, 0.15) is 17.6 Å². The minimum Gasteiger partial charge on any atom is -0.258 e. The van der Waals surface area contributed by atoms with Crippen molar-refractivity contribution in [2.75, 3.05) is 0 Å². The van der Waals surface area contributed by atoms with E-state index in [0.717, 1.165) is 6.07 Å². The maximum Gasteiger partial charge on any atom is 0.305 e. The van der Waals surface area contributed by atoms with Gasteiger partial charge in [0.25, 0.3) is 16.4 Å². The molecule has 1 rings (SSSR count). The molecular weight excluding hydrogens is 274 g/mol. The van der Waals surface area contributed by atoms with E-state index >= 15 is 0 Å². The molecule has 11 heteroatoms. The Balaban J connectivity index is 3.83. The second kappa shape index (κ2) is 4.59. The van der Waals surface area contributed by atoms with Crippen molar-refractivity contribution in [1.29, 1.82) is 5.26 Å². The Morgan fingerprint density at radius 3 is 2.44 bits per heavy atom. The molecule has 0 saturated heterocycles. The van der Waals surface area contributed by atoms with Crippen molar-refractivity contribution in [3.05, 3.63) is 27.4 Å². The lowest BCUT2D eigenvalue weighted by atomic mass is 10.1. The Labute approximate surface area is 98.9 Å². The fourth-order valence-electron chi connectivity index (χ4n) is 1.18. The van der Waals surface area contributed by atoms with Crippen LogP contribution in [0.15, 0.2) is 11.2 Å². The molecule has 0 bridgehead atoms. The normalized spacial score (nSPS) is 11.3. The topological polar surface area (TPSA) is 140 Å². The number of aromatic nitrogens is 1. The number of hydrogen-bond acceptors (Lipinski definition) is 6. The van der Waals surface area contributed by atoms with Gasteiger partial charge in [0.15, 0.2) is 5.03 Å². The molecule has 0 fully saturated rings. The number of primary sulfonamides is 1. The van der Waals surface area contributed by atoms with Crippen molar-refractivity contribution in [1.82, 2.24) is 4.98 Å². The number of halogens is 2. The smallest absolute Gasteiger partial charge is 0.258 e. The van der Waals surface area contributed by atoms with Crippen LogP contribution < -0.4 is 5.14 Å². The van der Waals surface area contributed by atoms with Crippen LogP contribution in [0.5, 0.6) is 0 Å². The second-order valence-corrected chi connectivity index (χ2v) is 4.43. The van der Waals surface area contributed by atoms with Crippen LogP contribution in [0.2, 0.25) is 0 Å². The number of nitrogens with two attached hydrogens (primary N) is 1. The van der Waals surface area contributed by atoms with Gasteiger partial charge in [-0.15, -0.1) is 0 Å². The van der Waals surface area contributed by atoms with Crippen LogP contribution in [0.3, 0.4) is 0 Å². The lowest BCUT2D eigenvalue weighted by Crippen LogP contribution is -2.18. The van der Waals surface area contributed by atoms with Crippen LogP contribution in [-0.2, 0) is 10.0 Å². The van der Waals surface area contributed by atoms with Crippen LogP contribution >= 0.6 is 0 Å².